The van der Waals surface area contributed by atoms with Gasteiger partial charge in [-0.25, -0.2) is 8.78 Å². The number of amides is 3. The van der Waals surface area contributed by atoms with Gasteiger partial charge in [0.25, 0.3) is 11.8 Å². The number of nitrogens with zero attached hydrogens (tertiary/aromatic N) is 2. The van der Waals surface area contributed by atoms with Crippen LogP contribution in [0.15, 0.2) is 29.2 Å². The Kier molecular flexibility index (Phi) is 8.95. The number of carbonyl (C=O) groups excluding carboxylic acids is 3. The molecule has 1 fully saturated rings. The second-order valence-corrected chi connectivity index (χ2v) is 9.98. The molecule has 2 heterocycles. The molecule has 4 rings (SSSR count). The van der Waals surface area contributed by atoms with Crippen molar-refractivity contribution in [2.75, 3.05) is 26.2 Å². The monoisotopic (exact) mass is 545 g/mol. The topological polar surface area (TPSA) is 133 Å². The molecular formula is C27H33F2N5O5. The molecule has 1 aliphatic heterocycles. The summed E-state index contributed by atoms with van der Waals surface area (Å²) in [6, 6.07) is 2.86. The Labute approximate surface area is 224 Å². The van der Waals surface area contributed by atoms with Gasteiger partial charge in [-0.15, -0.1) is 0 Å². The molecule has 1 aliphatic carbocycles. The number of rotatable bonds is 9. The Morgan fingerprint density at radius 2 is 1.85 bits per heavy atom. The van der Waals surface area contributed by atoms with Crippen molar-refractivity contribution in [2.24, 2.45) is 5.92 Å². The minimum absolute atomic E-state index is 0.0319. The second kappa shape index (κ2) is 12.4. The number of nitrogens with one attached hydrogen (secondary N) is 3. The minimum Gasteiger partial charge on any atom is -0.503 e. The molecular weight excluding hydrogens is 512 g/mol. The van der Waals surface area contributed by atoms with E-state index >= 15 is 0 Å². The fourth-order valence-electron chi connectivity index (χ4n) is 5.37. The Morgan fingerprint density at radius 3 is 2.59 bits per heavy atom. The van der Waals surface area contributed by atoms with Crippen molar-refractivity contribution in [3.8, 4) is 5.75 Å². The van der Waals surface area contributed by atoms with E-state index in [0.29, 0.717) is 32.2 Å². The number of benzene rings is 1. The van der Waals surface area contributed by atoms with Crippen molar-refractivity contribution < 1.29 is 28.3 Å². The molecule has 210 valence electrons. The van der Waals surface area contributed by atoms with Crippen LogP contribution in [0.2, 0.25) is 0 Å². The summed E-state index contributed by atoms with van der Waals surface area (Å²) in [7, 11) is 0. The lowest BCUT2D eigenvalue weighted by molar-refractivity contribution is -0.118. The first-order valence-corrected chi connectivity index (χ1v) is 13.1. The molecule has 4 N–H and O–H groups in total. The van der Waals surface area contributed by atoms with Crippen LogP contribution in [-0.2, 0) is 17.9 Å². The van der Waals surface area contributed by atoms with Crippen LogP contribution in [0.3, 0.4) is 0 Å². The summed E-state index contributed by atoms with van der Waals surface area (Å²) in [6.07, 6.45) is 4.97. The Balaban J connectivity index is 1.46. The summed E-state index contributed by atoms with van der Waals surface area (Å²) < 4.78 is 28.4. The van der Waals surface area contributed by atoms with E-state index in [1.807, 2.05) is 0 Å². The zero-order valence-electron chi connectivity index (χ0n) is 21.8. The van der Waals surface area contributed by atoms with Crippen LogP contribution >= 0.6 is 0 Å². The number of pyridine rings is 1. The maximum Gasteiger partial charge on any atom is 0.274 e. The van der Waals surface area contributed by atoms with Gasteiger partial charge < -0.3 is 30.5 Å². The lowest BCUT2D eigenvalue weighted by Crippen LogP contribution is -2.53. The average Bonchev–Trinajstić information content (AvgIpc) is 2.90. The van der Waals surface area contributed by atoms with Crippen LogP contribution in [0.5, 0.6) is 5.75 Å². The molecule has 2 unspecified atom stereocenters. The second-order valence-electron chi connectivity index (χ2n) is 9.98. The number of fused-ring (bicyclic) bond motifs is 1. The molecule has 2 atom stereocenters. The van der Waals surface area contributed by atoms with Gasteiger partial charge in [-0.3, -0.25) is 19.2 Å². The van der Waals surface area contributed by atoms with Gasteiger partial charge in [0.1, 0.15) is 17.2 Å². The molecule has 0 radical (unpaired) electrons. The summed E-state index contributed by atoms with van der Waals surface area (Å²) in [4.78, 5) is 51.9. The van der Waals surface area contributed by atoms with E-state index in [1.165, 1.54) is 23.8 Å². The smallest absolute Gasteiger partial charge is 0.274 e. The van der Waals surface area contributed by atoms with Crippen molar-refractivity contribution in [1.29, 1.82) is 0 Å². The van der Waals surface area contributed by atoms with Gasteiger partial charge in [-0.05, 0) is 31.4 Å². The SMILES string of the molecule is CC(=O)NCCNCC1CCCCC1N1CCn2cc(C(=O)NCc3ccc(F)cc3F)c(=O)c(O)c2C1=O. The standard InChI is InChI=1S/C27H33F2N5O5/c1-16(35)31-9-8-30-13-18-4-2-3-5-22(18)34-11-10-33-15-20(24(36)25(37)23(33)27(34)39)26(38)32-14-17-6-7-19(28)12-21(17)29/h6-7,12,15,18,22,30,37H,2-5,8-11,13-14H2,1H3,(H,31,35)(H,32,38). The molecule has 10 nitrogen and oxygen atoms in total. The van der Waals surface area contributed by atoms with Crippen LogP contribution in [0, 0.1) is 17.6 Å². The highest BCUT2D eigenvalue weighted by atomic mass is 19.1. The van der Waals surface area contributed by atoms with Crippen LogP contribution in [0.1, 0.15) is 59.0 Å². The summed E-state index contributed by atoms with van der Waals surface area (Å²) in [5.74, 6) is -3.62. The number of aromatic hydroxyl groups is 1. The zero-order valence-corrected chi connectivity index (χ0v) is 21.8. The normalized spacial score (nSPS) is 18.9. The first kappa shape index (κ1) is 28.2. The Morgan fingerprint density at radius 1 is 1.08 bits per heavy atom. The Bertz CT molecular complexity index is 1310. The third kappa shape index (κ3) is 6.44. The number of halogens is 2. The fourth-order valence-corrected chi connectivity index (χ4v) is 5.37. The minimum atomic E-state index is -0.992. The van der Waals surface area contributed by atoms with Crippen LogP contribution in [0.25, 0.3) is 0 Å². The lowest BCUT2D eigenvalue weighted by Gasteiger charge is -2.42. The molecule has 12 heteroatoms. The zero-order chi connectivity index (χ0) is 28.1. The van der Waals surface area contributed by atoms with Crippen molar-refractivity contribution in [2.45, 2.75) is 51.7 Å². The van der Waals surface area contributed by atoms with Gasteiger partial charge in [-0.1, -0.05) is 18.9 Å². The van der Waals surface area contributed by atoms with E-state index in [2.05, 4.69) is 16.0 Å². The van der Waals surface area contributed by atoms with Crippen LogP contribution < -0.4 is 21.4 Å². The summed E-state index contributed by atoms with van der Waals surface area (Å²) in [5, 5.41) is 19.2. The van der Waals surface area contributed by atoms with Gasteiger partial charge in [-0.2, -0.15) is 0 Å². The van der Waals surface area contributed by atoms with Crippen LogP contribution in [0.4, 0.5) is 8.78 Å². The molecule has 0 saturated heterocycles. The molecule has 0 spiro atoms. The highest BCUT2D eigenvalue weighted by Gasteiger charge is 2.38. The van der Waals surface area contributed by atoms with Crippen molar-refractivity contribution in [3.63, 3.8) is 0 Å². The van der Waals surface area contributed by atoms with Gasteiger partial charge in [0, 0.05) is 63.5 Å². The Hall–Kier alpha value is -3.80. The van der Waals surface area contributed by atoms with Crippen molar-refractivity contribution >= 4 is 17.7 Å². The summed E-state index contributed by atoms with van der Waals surface area (Å²) in [6.45, 7) is 3.58. The first-order chi connectivity index (χ1) is 18.7. The van der Waals surface area contributed by atoms with Gasteiger partial charge in [0.15, 0.2) is 11.4 Å². The molecule has 39 heavy (non-hydrogen) atoms. The van der Waals surface area contributed by atoms with E-state index in [-0.39, 0.29) is 47.8 Å². The predicted molar refractivity (Wildman–Crippen MR) is 138 cm³/mol. The highest BCUT2D eigenvalue weighted by molar-refractivity contribution is 5.99. The van der Waals surface area contributed by atoms with Crippen molar-refractivity contribution in [3.05, 3.63) is 63.1 Å². The number of hydrogen-bond acceptors (Lipinski definition) is 6. The largest absolute Gasteiger partial charge is 0.503 e. The lowest BCUT2D eigenvalue weighted by atomic mass is 9.83. The third-order valence-electron chi connectivity index (χ3n) is 7.35. The quantitative estimate of drug-likeness (QED) is 0.353. The maximum absolute atomic E-state index is 13.9. The van der Waals surface area contributed by atoms with E-state index in [9.17, 15) is 33.1 Å². The van der Waals surface area contributed by atoms with E-state index in [0.717, 1.165) is 31.7 Å². The molecule has 3 amide bonds. The maximum atomic E-state index is 13.9. The number of carbonyl (C=O) groups is 3. The molecule has 2 aliphatic rings. The van der Waals surface area contributed by atoms with Crippen molar-refractivity contribution in [1.82, 2.24) is 25.4 Å². The molecule has 0 bridgehead atoms. The molecule has 1 aromatic carbocycles. The molecule has 2 aromatic rings. The molecule has 1 saturated carbocycles. The van der Waals surface area contributed by atoms with Gasteiger partial charge in [0.05, 0.1) is 0 Å². The molecule has 1 aromatic heterocycles. The summed E-state index contributed by atoms with van der Waals surface area (Å²) >= 11 is 0. The van der Waals surface area contributed by atoms with Crippen LogP contribution in [-0.4, -0.2) is 64.5 Å². The first-order valence-electron chi connectivity index (χ1n) is 13.1. The van der Waals surface area contributed by atoms with E-state index < -0.39 is 34.6 Å². The van der Waals surface area contributed by atoms with Gasteiger partial charge in [0.2, 0.25) is 11.3 Å². The number of aromatic nitrogens is 1. The van der Waals surface area contributed by atoms with Gasteiger partial charge >= 0.3 is 0 Å². The predicted octanol–water partition coefficient (Wildman–Crippen LogP) is 1.50. The van der Waals surface area contributed by atoms with E-state index in [1.54, 1.807) is 4.90 Å². The third-order valence-corrected chi connectivity index (χ3v) is 7.35. The fraction of sp³-hybridized carbons (Fsp3) is 0.481. The highest BCUT2D eigenvalue weighted by Crippen LogP contribution is 2.32. The average molecular weight is 546 g/mol. The summed E-state index contributed by atoms with van der Waals surface area (Å²) in [5.41, 5.74) is -1.49. The number of hydrogen-bond donors (Lipinski definition) is 4. The van der Waals surface area contributed by atoms with E-state index in [4.69, 9.17) is 0 Å².